The van der Waals surface area contributed by atoms with Crippen molar-refractivity contribution in [1.82, 2.24) is 5.32 Å². The van der Waals surface area contributed by atoms with Crippen LogP contribution in [0.25, 0.3) is 0 Å². The number of aryl methyl sites for hydroxylation is 1. The van der Waals surface area contributed by atoms with E-state index in [1.165, 1.54) is 5.56 Å². The molecule has 19 heavy (non-hydrogen) atoms. The van der Waals surface area contributed by atoms with Crippen molar-refractivity contribution in [1.29, 1.82) is 0 Å². The molecule has 0 aliphatic carbocycles. The largest absolute Gasteiger partial charge is 0.369 e. The normalized spacial score (nSPS) is 11.6. The molecule has 0 saturated heterocycles. The summed E-state index contributed by atoms with van der Waals surface area (Å²) in [5.41, 5.74) is 1.08. The van der Waals surface area contributed by atoms with Gasteiger partial charge in [0.15, 0.2) is 0 Å². The Hall–Kier alpha value is -1.35. The van der Waals surface area contributed by atoms with Gasteiger partial charge in [-0.15, -0.1) is 0 Å². The number of amides is 1. The Morgan fingerprint density at radius 2 is 1.89 bits per heavy atom. The lowest BCUT2D eigenvalue weighted by molar-refractivity contribution is -0.128. The zero-order valence-corrected chi connectivity index (χ0v) is 12.4. The molecule has 1 aromatic carbocycles. The molecule has 0 unspecified atom stereocenters. The number of rotatable bonds is 7. The number of ether oxygens (including phenoxy) is 1. The quantitative estimate of drug-likeness (QED) is 0.821. The molecule has 106 valence electrons. The molecule has 1 N–H and O–H groups in total. The average Bonchev–Trinajstić information content (AvgIpc) is 2.35. The second-order valence-corrected chi connectivity index (χ2v) is 5.78. The second kappa shape index (κ2) is 7.29. The van der Waals surface area contributed by atoms with Gasteiger partial charge >= 0.3 is 0 Å². The summed E-state index contributed by atoms with van der Waals surface area (Å²) in [5.74, 6) is -0.0493. The first kappa shape index (κ1) is 15.7. The molecule has 1 aromatic rings. The van der Waals surface area contributed by atoms with E-state index in [0.717, 1.165) is 12.8 Å². The number of hydrogen-bond donors (Lipinski definition) is 1. The molecule has 0 heterocycles. The molecule has 0 aliphatic heterocycles. The summed E-state index contributed by atoms with van der Waals surface area (Å²) >= 11 is 0. The lowest BCUT2D eigenvalue weighted by Crippen LogP contribution is -2.45. The van der Waals surface area contributed by atoms with E-state index >= 15 is 0 Å². The fourth-order valence-electron chi connectivity index (χ4n) is 1.82. The number of carbonyl (C=O) groups excluding carboxylic acids is 1. The minimum Gasteiger partial charge on any atom is -0.369 e. The van der Waals surface area contributed by atoms with Gasteiger partial charge in [-0.05, 0) is 46.1 Å². The standard InChI is InChI=1S/C16H25NO2/c1-13(2)19-12-15(18)17-16(3,4)11-10-14-8-6-5-7-9-14/h5-9,13H,10-12H2,1-4H3,(H,17,18). The van der Waals surface area contributed by atoms with Gasteiger partial charge in [0.2, 0.25) is 5.91 Å². The fraction of sp³-hybridized carbons (Fsp3) is 0.562. The predicted octanol–water partition coefficient (Wildman–Crippen LogP) is 2.94. The molecule has 0 atom stereocenters. The Morgan fingerprint density at radius 3 is 2.47 bits per heavy atom. The van der Waals surface area contributed by atoms with Gasteiger partial charge in [0.25, 0.3) is 0 Å². The monoisotopic (exact) mass is 263 g/mol. The Morgan fingerprint density at radius 1 is 1.26 bits per heavy atom. The van der Waals surface area contributed by atoms with Crippen LogP contribution in [0.5, 0.6) is 0 Å². The Kier molecular flexibility index (Phi) is 6.03. The third-order valence-electron chi connectivity index (χ3n) is 2.91. The van der Waals surface area contributed by atoms with Gasteiger partial charge in [-0.2, -0.15) is 0 Å². The summed E-state index contributed by atoms with van der Waals surface area (Å²) in [7, 11) is 0. The first-order chi connectivity index (χ1) is 8.89. The van der Waals surface area contributed by atoms with Gasteiger partial charge in [-0.25, -0.2) is 0 Å². The maximum atomic E-state index is 11.7. The molecule has 0 spiro atoms. The van der Waals surface area contributed by atoms with Crippen LogP contribution < -0.4 is 5.32 Å². The first-order valence-electron chi connectivity index (χ1n) is 6.85. The molecule has 0 fully saturated rings. The number of carbonyl (C=O) groups is 1. The van der Waals surface area contributed by atoms with E-state index in [-0.39, 0.29) is 24.2 Å². The van der Waals surface area contributed by atoms with E-state index in [1.54, 1.807) is 0 Å². The van der Waals surface area contributed by atoms with Gasteiger partial charge < -0.3 is 10.1 Å². The van der Waals surface area contributed by atoms with Crippen molar-refractivity contribution >= 4 is 5.91 Å². The number of benzene rings is 1. The molecule has 3 heteroatoms. The number of hydrogen-bond acceptors (Lipinski definition) is 2. The summed E-state index contributed by atoms with van der Waals surface area (Å²) < 4.78 is 5.30. The lowest BCUT2D eigenvalue weighted by Gasteiger charge is -2.26. The van der Waals surface area contributed by atoms with E-state index < -0.39 is 0 Å². The van der Waals surface area contributed by atoms with Crippen LogP contribution in [0.4, 0.5) is 0 Å². The molecular formula is C16H25NO2. The van der Waals surface area contributed by atoms with Gasteiger partial charge in [-0.1, -0.05) is 30.3 Å². The van der Waals surface area contributed by atoms with Crippen LogP contribution in [0.15, 0.2) is 30.3 Å². The molecule has 0 saturated carbocycles. The molecule has 0 aromatic heterocycles. The highest BCUT2D eigenvalue weighted by Gasteiger charge is 2.20. The highest BCUT2D eigenvalue weighted by atomic mass is 16.5. The number of nitrogens with one attached hydrogen (secondary N) is 1. The van der Waals surface area contributed by atoms with Crippen LogP contribution >= 0.6 is 0 Å². The van der Waals surface area contributed by atoms with Crippen molar-refractivity contribution in [2.24, 2.45) is 0 Å². The Balaban J connectivity index is 2.36. The second-order valence-electron chi connectivity index (χ2n) is 5.78. The smallest absolute Gasteiger partial charge is 0.246 e. The summed E-state index contributed by atoms with van der Waals surface area (Å²) in [4.78, 5) is 11.7. The van der Waals surface area contributed by atoms with E-state index in [2.05, 4.69) is 17.4 Å². The van der Waals surface area contributed by atoms with Crippen LogP contribution in [0, 0.1) is 0 Å². The van der Waals surface area contributed by atoms with Crippen molar-refractivity contribution in [2.75, 3.05) is 6.61 Å². The zero-order chi connectivity index (χ0) is 14.3. The van der Waals surface area contributed by atoms with Crippen LogP contribution in [0.3, 0.4) is 0 Å². The van der Waals surface area contributed by atoms with Crippen LogP contribution in [-0.4, -0.2) is 24.2 Å². The molecule has 0 radical (unpaired) electrons. The van der Waals surface area contributed by atoms with Crippen molar-refractivity contribution in [3.8, 4) is 0 Å². The van der Waals surface area contributed by atoms with Crippen LogP contribution in [0.2, 0.25) is 0 Å². The third-order valence-corrected chi connectivity index (χ3v) is 2.91. The molecule has 1 amide bonds. The van der Waals surface area contributed by atoms with E-state index in [9.17, 15) is 4.79 Å². The zero-order valence-electron chi connectivity index (χ0n) is 12.4. The predicted molar refractivity (Wildman–Crippen MR) is 78.1 cm³/mol. The minimum atomic E-state index is -0.215. The Bertz CT molecular complexity index is 385. The molecular weight excluding hydrogens is 238 g/mol. The van der Waals surface area contributed by atoms with Crippen molar-refractivity contribution < 1.29 is 9.53 Å². The van der Waals surface area contributed by atoms with Crippen LogP contribution in [-0.2, 0) is 16.0 Å². The minimum absolute atomic E-state index is 0.0493. The molecule has 3 nitrogen and oxygen atoms in total. The SMILES string of the molecule is CC(C)OCC(=O)NC(C)(C)CCc1ccccc1. The average molecular weight is 263 g/mol. The summed E-state index contributed by atoms with van der Waals surface area (Å²) in [5, 5.41) is 3.02. The Labute approximate surface area is 116 Å². The van der Waals surface area contributed by atoms with E-state index in [4.69, 9.17) is 4.74 Å². The molecule has 0 aliphatic rings. The lowest BCUT2D eigenvalue weighted by atomic mass is 9.95. The van der Waals surface area contributed by atoms with Gasteiger partial charge in [0, 0.05) is 5.54 Å². The highest BCUT2D eigenvalue weighted by Crippen LogP contribution is 2.13. The topological polar surface area (TPSA) is 38.3 Å². The highest BCUT2D eigenvalue weighted by molar-refractivity contribution is 5.77. The van der Waals surface area contributed by atoms with E-state index in [0.29, 0.717) is 0 Å². The van der Waals surface area contributed by atoms with Crippen molar-refractivity contribution in [3.63, 3.8) is 0 Å². The van der Waals surface area contributed by atoms with Gasteiger partial charge in [0.05, 0.1) is 6.10 Å². The van der Waals surface area contributed by atoms with Crippen molar-refractivity contribution in [3.05, 3.63) is 35.9 Å². The maximum Gasteiger partial charge on any atom is 0.246 e. The van der Waals surface area contributed by atoms with Gasteiger partial charge in [-0.3, -0.25) is 4.79 Å². The van der Waals surface area contributed by atoms with Crippen LogP contribution in [0.1, 0.15) is 39.7 Å². The first-order valence-corrected chi connectivity index (χ1v) is 6.85. The maximum absolute atomic E-state index is 11.7. The summed E-state index contributed by atoms with van der Waals surface area (Å²) in [6.45, 7) is 8.07. The van der Waals surface area contributed by atoms with Gasteiger partial charge in [0.1, 0.15) is 6.61 Å². The third kappa shape index (κ3) is 6.97. The van der Waals surface area contributed by atoms with Crippen molar-refractivity contribution in [2.45, 2.75) is 52.2 Å². The molecule has 1 rings (SSSR count). The fourth-order valence-corrected chi connectivity index (χ4v) is 1.82. The summed E-state index contributed by atoms with van der Waals surface area (Å²) in [6.07, 6.45) is 1.95. The van der Waals surface area contributed by atoms with E-state index in [1.807, 2.05) is 45.9 Å². The molecule has 0 bridgehead atoms. The summed E-state index contributed by atoms with van der Waals surface area (Å²) in [6, 6.07) is 10.3.